The molecule has 6 nitrogen and oxygen atoms in total. The normalized spacial score (nSPS) is 11.6. The molecule has 0 saturated heterocycles. The molecule has 0 heterocycles. The minimum Gasteiger partial charge on any atom is -0.497 e. The van der Waals surface area contributed by atoms with Crippen LogP contribution in [0.5, 0.6) is 11.5 Å². The van der Waals surface area contributed by atoms with Gasteiger partial charge < -0.3 is 19.9 Å². The Morgan fingerprint density at radius 2 is 1.41 bits per heavy atom. The van der Waals surface area contributed by atoms with E-state index in [0.717, 1.165) is 41.9 Å². The standard InChI is InChI=1S/C23H32N2O4/c1-4-5-6-20(24)17-29-23(26)25(15-18-7-11-21(27-2)12-8-18)16-19-9-13-22(28-3)14-10-19/h7-14,20H,4-6,15-17,24H2,1-3H3/t20-/m1/s1. The Morgan fingerprint density at radius 1 is 0.931 bits per heavy atom. The quantitative estimate of drug-likeness (QED) is 0.607. The lowest BCUT2D eigenvalue weighted by Gasteiger charge is -2.23. The van der Waals surface area contributed by atoms with Gasteiger partial charge in [0.25, 0.3) is 0 Å². The molecule has 29 heavy (non-hydrogen) atoms. The van der Waals surface area contributed by atoms with Crippen LogP contribution in [0.2, 0.25) is 0 Å². The number of rotatable bonds is 11. The van der Waals surface area contributed by atoms with Gasteiger partial charge in [0, 0.05) is 19.1 Å². The van der Waals surface area contributed by atoms with Crippen molar-refractivity contribution < 1.29 is 19.0 Å². The fourth-order valence-electron chi connectivity index (χ4n) is 2.91. The maximum absolute atomic E-state index is 12.8. The van der Waals surface area contributed by atoms with Crippen LogP contribution in [0, 0.1) is 0 Å². The largest absolute Gasteiger partial charge is 0.497 e. The number of amides is 1. The zero-order chi connectivity index (χ0) is 21.1. The summed E-state index contributed by atoms with van der Waals surface area (Å²) in [4.78, 5) is 14.5. The lowest BCUT2D eigenvalue weighted by atomic mass is 10.1. The molecule has 0 saturated carbocycles. The Labute approximate surface area is 173 Å². The van der Waals surface area contributed by atoms with Gasteiger partial charge in [-0.3, -0.25) is 4.90 Å². The second kappa shape index (κ2) is 12.0. The second-order valence-electron chi connectivity index (χ2n) is 7.03. The fourth-order valence-corrected chi connectivity index (χ4v) is 2.91. The zero-order valence-electron chi connectivity index (χ0n) is 17.6. The minimum absolute atomic E-state index is 0.136. The molecule has 0 fully saturated rings. The van der Waals surface area contributed by atoms with E-state index in [1.165, 1.54) is 0 Å². The van der Waals surface area contributed by atoms with Crippen molar-refractivity contribution in [1.29, 1.82) is 0 Å². The van der Waals surface area contributed by atoms with Crippen LogP contribution >= 0.6 is 0 Å². The summed E-state index contributed by atoms with van der Waals surface area (Å²) >= 11 is 0. The van der Waals surface area contributed by atoms with Crippen LogP contribution < -0.4 is 15.2 Å². The van der Waals surface area contributed by atoms with Gasteiger partial charge in [0.15, 0.2) is 0 Å². The number of methoxy groups -OCH3 is 2. The van der Waals surface area contributed by atoms with Crippen molar-refractivity contribution in [2.75, 3.05) is 20.8 Å². The van der Waals surface area contributed by atoms with Crippen molar-refractivity contribution in [3.05, 3.63) is 59.7 Å². The molecule has 0 spiro atoms. The number of hydrogen-bond acceptors (Lipinski definition) is 5. The number of unbranched alkanes of at least 4 members (excludes halogenated alkanes) is 1. The summed E-state index contributed by atoms with van der Waals surface area (Å²) < 4.78 is 15.9. The predicted molar refractivity (Wildman–Crippen MR) is 114 cm³/mol. The van der Waals surface area contributed by atoms with E-state index in [9.17, 15) is 4.79 Å². The lowest BCUT2D eigenvalue weighted by molar-refractivity contribution is 0.0907. The molecule has 2 N–H and O–H groups in total. The van der Waals surface area contributed by atoms with Crippen molar-refractivity contribution in [2.24, 2.45) is 5.73 Å². The number of ether oxygens (including phenoxy) is 3. The van der Waals surface area contributed by atoms with E-state index < -0.39 is 0 Å². The molecule has 1 amide bonds. The molecule has 0 radical (unpaired) electrons. The Bertz CT molecular complexity index is 682. The Balaban J connectivity index is 2.06. The summed E-state index contributed by atoms with van der Waals surface area (Å²) in [6.45, 7) is 3.20. The third kappa shape index (κ3) is 7.66. The smallest absolute Gasteiger partial charge is 0.410 e. The van der Waals surface area contributed by atoms with Crippen LogP contribution in [0.15, 0.2) is 48.5 Å². The highest BCUT2D eigenvalue weighted by atomic mass is 16.6. The van der Waals surface area contributed by atoms with Gasteiger partial charge in [-0.1, -0.05) is 44.0 Å². The van der Waals surface area contributed by atoms with E-state index in [2.05, 4.69) is 6.92 Å². The van der Waals surface area contributed by atoms with Gasteiger partial charge in [0.05, 0.1) is 14.2 Å². The van der Waals surface area contributed by atoms with Crippen molar-refractivity contribution in [1.82, 2.24) is 4.90 Å². The van der Waals surface area contributed by atoms with Crippen molar-refractivity contribution in [3.8, 4) is 11.5 Å². The monoisotopic (exact) mass is 400 g/mol. The molecule has 0 unspecified atom stereocenters. The average Bonchev–Trinajstić information content (AvgIpc) is 2.76. The molecule has 0 aromatic heterocycles. The highest BCUT2D eigenvalue weighted by Crippen LogP contribution is 2.17. The van der Waals surface area contributed by atoms with Gasteiger partial charge in [0.2, 0.25) is 0 Å². The first kappa shape index (κ1) is 22.6. The maximum atomic E-state index is 12.8. The third-order valence-corrected chi connectivity index (χ3v) is 4.67. The number of nitrogens with zero attached hydrogens (tertiary/aromatic N) is 1. The molecule has 0 aliphatic carbocycles. The van der Waals surface area contributed by atoms with Crippen LogP contribution in [-0.2, 0) is 17.8 Å². The molecular formula is C23H32N2O4. The van der Waals surface area contributed by atoms with Crippen molar-refractivity contribution in [3.63, 3.8) is 0 Å². The van der Waals surface area contributed by atoms with E-state index >= 15 is 0 Å². The zero-order valence-corrected chi connectivity index (χ0v) is 17.6. The Morgan fingerprint density at radius 3 is 1.83 bits per heavy atom. The maximum Gasteiger partial charge on any atom is 0.410 e. The number of hydrogen-bond donors (Lipinski definition) is 1. The third-order valence-electron chi connectivity index (χ3n) is 4.67. The first-order valence-electron chi connectivity index (χ1n) is 9.98. The van der Waals surface area contributed by atoms with Gasteiger partial charge in [0.1, 0.15) is 18.1 Å². The number of carbonyl (C=O) groups excluding carboxylic acids is 1. The Hall–Kier alpha value is -2.73. The van der Waals surface area contributed by atoms with E-state index in [-0.39, 0.29) is 18.7 Å². The first-order chi connectivity index (χ1) is 14.0. The molecule has 2 aromatic rings. The van der Waals surface area contributed by atoms with Gasteiger partial charge in [-0.15, -0.1) is 0 Å². The van der Waals surface area contributed by atoms with Crippen molar-refractivity contribution >= 4 is 6.09 Å². The molecule has 158 valence electrons. The van der Waals surface area contributed by atoms with E-state index in [1.807, 2.05) is 48.5 Å². The van der Waals surface area contributed by atoms with Gasteiger partial charge in [-0.05, 0) is 41.8 Å². The highest BCUT2D eigenvalue weighted by molar-refractivity contribution is 5.67. The van der Waals surface area contributed by atoms with Crippen LogP contribution in [0.4, 0.5) is 4.79 Å². The highest BCUT2D eigenvalue weighted by Gasteiger charge is 2.18. The molecule has 2 aromatic carbocycles. The van der Waals surface area contributed by atoms with Crippen LogP contribution in [-0.4, -0.2) is 37.9 Å². The Kier molecular flexibility index (Phi) is 9.31. The minimum atomic E-state index is -0.372. The topological polar surface area (TPSA) is 74.0 Å². The van der Waals surface area contributed by atoms with Crippen LogP contribution in [0.3, 0.4) is 0 Å². The summed E-state index contributed by atoms with van der Waals surface area (Å²) in [5.74, 6) is 1.56. The summed E-state index contributed by atoms with van der Waals surface area (Å²) in [5.41, 5.74) is 8.04. The van der Waals surface area contributed by atoms with E-state index in [1.54, 1.807) is 19.1 Å². The SMILES string of the molecule is CCCC[C@@H](N)COC(=O)N(Cc1ccc(OC)cc1)Cc1ccc(OC)cc1. The summed E-state index contributed by atoms with van der Waals surface area (Å²) in [7, 11) is 3.26. The predicted octanol–water partition coefficient (Wildman–Crippen LogP) is 4.36. The van der Waals surface area contributed by atoms with Crippen LogP contribution in [0.25, 0.3) is 0 Å². The average molecular weight is 401 g/mol. The number of benzene rings is 2. The second-order valence-corrected chi connectivity index (χ2v) is 7.03. The molecule has 1 atom stereocenters. The summed E-state index contributed by atoms with van der Waals surface area (Å²) in [5, 5.41) is 0. The molecule has 2 rings (SSSR count). The summed E-state index contributed by atoms with van der Waals surface area (Å²) in [6.07, 6.45) is 2.58. The van der Waals surface area contributed by atoms with Gasteiger partial charge in [-0.25, -0.2) is 4.79 Å². The van der Waals surface area contributed by atoms with Gasteiger partial charge in [-0.2, -0.15) is 0 Å². The molecule has 0 aliphatic rings. The molecule has 6 heteroatoms. The van der Waals surface area contributed by atoms with Gasteiger partial charge >= 0.3 is 6.09 Å². The lowest BCUT2D eigenvalue weighted by Crippen LogP contribution is -2.35. The van der Waals surface area contributed by atoms with E-state index in [0.29, 0.717) is 13.1 Å². The fraction of sp³-hybridized carbons (Fsp3) is 0.435. The van der Waals surface area contributed by atoms with Crippen molar-refractivity contribution in [2.45, 2.75) is 45.3 Å². The molecule has 0 bridgehead atoms. The molecular weight excluding hydrogens is 368 g/mol. The number of carbonyl (C=O) groups is 1. The number of nitrogens with two attached hydrogens (primary N) is 1. The van der Waals surface area contributed by atoms with Crippen LogP contribution in [0.1, 0.15) is 37.3 Å². The summed E-state index contributed by atoms with van der Waals surface area (Å²) in [6, 6.07) is 15.2. The van der Waals surface area contributed by atoms with E-state index in [4.69, 9.17) is 19.9 Å². The molecule has 0 aliphatic heterocycles. The first-order valence-corrected chi connectivity index (χ1v) is 9.98.